The Labute approximate surface area is 189 Å². The highest BCUT2D eigenvalue weighted by molar-refractivity contribution is 7.86. The summed E-state index contributed by atoms with van der Waals surface area (Å²) in [6.45, 7) is 6.07. The number of rotatable bonds is 5. The number of carbonyl (C=O) groups excluding carboxylic acids is 1. The summed E-state index contributed by atoms with van der Waals surface area (Å²) in [5.41, 5.74) is 1.92. The first-order valence-corrected chi connectivity index (χ1v) is 13.2. The highest BCUT2D eigenvalue weighted by atomic mass is 32.2. The zero-order valence-corrected chi connectivity index (χ0v) is 20.0. The fourth-order valence-corrected chi connectivity index (χ4v) is 7.47. The number of hydrogen-bond donors (Lipinski definition) is 2. The van der Waals surface area contributed by atoms with E-state index in [1.165, 1.54) is 0 Å². The van der Waals surface area contributed by atoms with Gasteiger partial charge in [-0.25, -0.2) is 0 Å². The predicted molar refractivity (Wildman–Crippen MR) is 122 cm³/mol. The molecule has 1 aromatic carbocycles. The molecular formula is C24H32N2O5S. The van der Waals surface area contributed by atoms with E-state index in [0.717, 1.165) is 47.5 Å². The first kappa shape index (κ1) is 21.8. The molecule has 3 atom stereocenters. The van der Waals surface area contributed by atoms with Gasteiger partial charge in [0.05, 0.1) is 11.9 Å². The Hall–Kier alpha value is -2.06. The number of H-pyrrole nitrogens is 1. The van der Waals surface area contributed by atoms with Gasteiger partial charge < -0.3 is 19.2 Å². The van der Waals surface area contributed by atoms with Crippen LogP contribution in [-0.4, -0.2) is 53.3 Å². The number of aromatic nitrogens is 1. The van der Waals surface area contributed by atoms with Crippen molar-refractivity contribution >= 4 is 26.9 Å². The Balaban J connectivity index is 1.42. The largest absolute Gasteiger partial charge is 0.390 e. The molecule has 1 amide bonds. The average Bonchev–Trinajstić information content (AvgIpc) is 3.05. The summed E-state index contributed by atoms with van der Waals surface area (Å²) in [6, 6.07) is 3.95. The highest BCUT2D eigenvalue weighted by Gasteiger charge is 2.59. The van der Waals surface area contributed by atoms with Gasteiger partial charge in [-0.05, 0) is 67.6 Å². The van der Waals surface area contributed by atoms with Crippen molar-refractivity contribution in [2.45, 2.75) is 82.9 Å². The summed E-state index contributed by atoms with van der Waals surface area (Å²) in [5, 5.41) is 11.7. The van der Waals surface area contributed by atoms with Gasteiger partial charge in [0, 0.05) is 35.6 Å². The number of nitrogens with zero attached hydrogens (tertiary/aromatic N) is 1. The number of nitrogens with one attached hydrogen (secondary N) is 1. The minimum atomic E-state index is -3.69. The lowest BCUT2D eigenvalue weighted by Gasteiger charge is -2.63. The SMILES string of the molecule is Cc1ccc2[nH]cc(C(C)CC(=O)N3C4CC5(C)CC3CC(O)(C4)C5)c2c1OS(C)(=O)=O. The van der Waals surface area contributed by atoms with Crippen LogP contribution in [0.1, 0.15) is 69.4 Å². The van der Waals surface area contributed by atoms with Crippen LogP contribution < -0.4 is 4.18 Å². The summed E-state index contributed by atoms with van der Waals surface area (Å²) in [4.78, 5) is 18.7. The summed E-state index contributed by atoms with van der Waals surface area (Å²) < 4.78 is 29.1. The molecule has 1 aromatic heterocycles. The summed E-state index contributed by atoms with van der Waals surface area (Å²) in [7, 11) is -3.69. The lowest BCUT2D eigenvalue weighted by atomic mass is 9.54. The van der Waals surface area contributed by atoms with E-state index in [-0.39, 0.29) is 29.3 Å². The molecule has 4 bridgehead atoms. The van der Waals surface area contributed by atoms with Crippen LogP contribution in [0.5, 0.6) is 5.75 Å². The Morgan fingerprint density at radius 3 is 2.53 bits per heavy atom. The number of amides is 1. The normalized spacial score (nSPS) is 32.5. The van der Waals surface area contributed by atoms with E-state index in [2.05, 4.69) is 16.8 Å². The van der Waals surface area contributed by atoms with E-state index in [1.807, 2.05) is 32.2 Å². The quantitative estimate of drug-likeness (QED) is 0.664. The third-order valence-electron chi connectivity index (χ3n) is 7.79. The van der Waals surface area contributed by atoms with Gasteiger partial charge in [0.1, 0.15) is 0 Å². The van der Waals surface area contributed by atoms with Crippen LogP contribution in [-0.2, 0) is 14.9 Å². The number of aliphatic hydroxyl groups is 1. The maximum absolute atomic E-state index is 13.5. The standard InChI is InChI=1S/C24H32N2O5S/c1-14-5-6-19-21(22(14)31-32(4,29)30)18(12-25-19)15(2)7-20(27)26-16-8-23(3)9-17(26)11-24(28,10-16)13-23/h5-6,12,15-17,25,28H,7-11,13H2,1-4H3. The van der Waals surface area contributed by atoms with Gasteiger partial charge >= 0.3 is 10.1 Å². The Morgan fingerprint density at radius 1 is 1.28 bits per heavy atom. The minimum Gasteiger partial charge on any atom is -0.390 e. The van der Waals surface area contributed by atoms with Crippen LogP contribution in [0.2, 0.25) is 0 Å². The van der Waals surface area contributed by atoms with E-state index >= 15 is 0 Å². The molecule has 2 saturated heterocycles. The Morgan fingerprint density at radius 2 is 1.94 bits per heavy atom. The van der Waals surface area contributed by atoms with Crippen molar-refractivity contribution in [2.24, 2.45) is 5.41 Å². The number of hydrogen-bond acceptors (Lipinski definition) is 5. The van der Waals surface area contributed by atoms with Crippen LogP contribution in [0.25, 0.3) is 10.9 Å². The Bertz CT molecular complexity index is 1160. The van der Waals surface area contributed by atoms with Crippen LogP contribution >= 0.6 is 0 Å². The molecule has 8 heteroatoms. The number of carbonyl (C=O) groups is 1. The lowest BCUT2D eigenvalue weighted by Crippen LogP contribution is -2.68. The van der Waals surface area contributed by atoms with E-state index in [4.69, 9.17) is 4.18 Å². The predicted octanol–water partition coefficient (Wildman–Crippen LogP) is 3.60. The molecule has 174 valence electrons. The number of aromatic amines is 1. The fourth-order valence-electron chi connectivity index (χ4n) is 6.95. The molecular weight excluding hydrogens is 428 g/mol. The number of aryl methyl sites for hydroxylation is 1. The molecule has 4 aliphatic rings. The van der Waals surface area contributed by atoms with Gasteiger partial charge in [-0.15, -0.1) is 0 Å². The second-order valence-corrected chi connectivity index (χ2v) is 12.5. The molecule has 3 unspecified atom stereocenters. The van der Waals surface area contributed by atoms with Crippen LogP contribution in [0.15, 0.2) is 18.3 Å². The fraction of sp³-hybridized carbons (Fsp3) is 0.625. The minimum absolute atomic E-state index is 0.111. The van der Waals surface area contributed by atoms with E-state index in [1.54, 1.807) is 0 Å². The van der Waals surface area contributed by atoms with Gasteiger partial charge in [0.25, 0.3) is 0 Å². The van der Waals surface area contributed by atoms with Crippen molar-refractivity contribution in [3.8, 4) is 5.75 Å². The third-order valence-corrected chi connectivity index (χ3v) is 8.26. The zero-order chi connectivity index (χ0) is 23.1. The zero-order valence-electron chi connectivity index (χ0n) is 19.1. The van der Waals surface area contributed by atoms with Gasteiger partial charge in [0.15, 0.2) is 5.75 Å². The van der Waals surface area contributed by atoms with Gasteiger partial charge in [-0.3, -0.25) is 4.79 Å². The highest BCUT2D eigenvalue weighted by Crippen LogP contribution is 2.57. The van der Waals surface area contributed by atoms with Crippen LogP contribution in [0, 0.1) is 12.3 Å². The van der Waals surface area contributed by atoms with E-state index < -0.39 is 15.7 Å². The van der Waals surface area contributed by atoms with Crippen molar-refractivity contribution in [1.29, 1.82) is 0 Å². The van der Waals surface area contributed by atoms with Gasteiger partial charge in [-0.1, -0.05) is 19.9 Å². The molecule has 3 heterocycles. The number of benzene rings is 1. The maximum atomic E-state index is 13.5. The molecule has 32 heavy (non-hydrogen) atoms. The van der Waals surface area contributed by atoms with Crippen molar-refractivity contribution in [2.75, 3.05) is 6.26 Å². The maximum Gasteiger partial charge on any atom is 0.306 e. The number of fused-ring (bicyclic) bond motifs is 1. The van der Waals surface area contributed by atoms with Crippen molar-refractivity contribution in [1.82, 2.24) is 9.88 Å². The first-order chi connectivity index (χ1) is 14.9. The molecule has 2 aromatic rings. The van der Waals surface area contributed by atoms with Gasteiger partial charge in [0.2, 0.25) is 5.91 Å². The van der Waals surface area contributed by atoms with Crippen molar-refractivity contribution in [3.63, 3.8) is 0 Å². The third kappa shape index (κ3) is 3.61. The first-order valence-electron chi connectivity index (χ1n) is 11.4. The second-order valence-electron chi connectivity index (χ2n) is 10.9. The van der Waals surface area contributed by atoms with Crippen molar-refractivity contribution < 1.29 is 22.5 Å². The molecule has 2 aliphatic carbocycles. The second kappa shape index (κ2) is 6.97. The van der Waals surface area contributed by atoms with Gasteiger partial charge in [-0.2, -0.15) is 8.42 Å². The average molecular weight is 461 g/mol. The molecule has 0 radical (unpaired) electrons. The molecule has 6 rings (SSSR count). The summed E-state index contributed by atoms with van der Waals surface area (Å²) in [5.74, 6) is 0.326. The molecule has 2 N–H and O–H groups in total. The smallest absolute Gasteiger partial charge is 0.306 e. The lowest BCUT2D eigenvalue weighted by molar-refractivity contribution is -0.193. The molecule has 7 nitrogen and oxygen atoms in total. The van der Waals surface area contributed by atoms with E-state index in [9.17, 15) is 18.3 Å². The summed E-state index contributed by atoms with van der Waals surface area (Å²) >= 11 is 0. The number of piperidine rings is 2. The molecule has 0 spiro atoms. The molecule has 2 aliphatic heterocycles. The molecule has 2 saturated carbocycles. The van der Waals surface area contributed by atoms with E-state index in [0.29, 0.717) is 25.0 Å². The van der Waals surface area contributed by atoms with Crippen molar-refractivity contribution in [3.05, 3.63) is 29.5 Å². The summed E-state index contributed by atoms with van der Waals surface area (Å²) in [6.07, 6.45) is 7.36. The van der Waals surface area contributed by atoms with Crippen LogP contribution in [0.4, 0.5) is 0 Å². The molecule has 4 fully saturated rings. The van der Waals surface area contributed by atoms with Crippen LogP contribution in [0.3, 0.4) is 0 Å². The Kier molecular flexibility index (Phi) is 4.74. The topological polar surface area (TPSA) is 99.7 Å². The monoisotopic (exact) mass is 460 g/mol.